The van der Waals surface area contributed by atoms with Crippen molar-refractivity contribution < 1.29 is 14.1 Å². The molecule has 2 fully saturated rings. The summed E-state index contributed by atoms with van der Waals surface area (Å²) in [6.07, 6.45) is 1.96. The Hall–Kier alpha value is -2.38. The zero-order valence-corrected chi connectivity index (χ0v) is 21.4. The molecule has 2 aliphatic rings. The summed E-state index contributed by atoms with van der Waals surface area (Å²) in [4.78, 5) is 23.7. The number of aromatic amines is 1. The number of hydrogen-bond acceptors (Lipinski definition) is 4. The molecule has 7 heteroatoms. The van der Waals surface area contributed by atoms with Crippen molar-refractivity contribution in [3.8, 4) is 0 Å². The second kappa shape index (κ2) is 8.09. The minimum Gasteiger partial charge on any atom is -0.399 e. The summed E-state index contributed by atoms with van der Waals surface area (Å²) in [7, 11) is -0.388. The normalized spacial score (nSPS) is 22.9. The van der Waals surface area contributed by atoms with Crippen LogP contribution in [-0.4, -0.2) is 45.6 Å². The maximum atomic E-state index is 13.1. The SMILES string of the molecule is CC(C)[C@H](C)C(=O)N1CCC[C@H]1c1nc2c(ccc3cc(B4OC(C)(C)C(C)(C)O4)ccc32)[nH]1. The van der Waals surface area contributed by atoms with Crippen molar-refractivity contribution in [3.05, 3.63) is 36.2 Å². The number of nitrogens with zero attached hydrogens (tertiary/aromatic N) is 2. The highest BCUT2D eigenvalue weighted by Gasteiger charge is 2.51. The zero-order chi connectivity index (χ0) is 24.4. The molecule has 180 valence electrons. The Morgan fingerprint density at radius 2 is 1.82 bits per heavy atom. The van der Waals surface area contributed by atoms with Crippen molar-refractivity contribution in [2.75, 3.05) is 6.54 Å². The van der Waals surface area contributed by atoms with Crippen molar-refractivity contribution >= 4 is 40.3 Å². The van der Waals surface area contributed by atoms with Crippen LogP contribution in [0.2, 0.25) is 0 Å². The largest absolute Gasteiger partial charge is 0.494 e. The van der Waals surface area contributed by atoms with Crippen molar-refractivity contribution in [2.45, 2.75) is 78.6 Å². The third kappa shape index (κ3) is 3.73. The first kappa shape index (κ1) is 23.4. The quantitative estimate of drug-likeness (QED) is 0.557. The lowest BCUT2D eigenvalue weighted by atomic mass is 9.78. The first-order valence-corrected chi connectivity index (χ1v) is 12.6. The van der Waals surface area contributed by atoms with Crippen LogP contribution in [0, 0.1) is 11.8 Å². The summed E-state index contributed by atoms with van der Waals surface area (Å²) < 4.78 is 12.5. The number of imidazole rings is 1. The smallest absolute Gasteiger partial charge is 0.399 e. The fourth-order valence-electron chi connectivity index (χ4n) is 4.98. The van der Waals surface area contributed by atoms with E-state index >= 15 is 0 Å². The zero-order valence-electron chi connectivity index (χ0n) is 21.4. The van der Waals surface area contributed by atoms with Gasteiger partial charge in [-0.25, -0.2) is 4.98 Å². The molecule has 34 heavy (non-hydrogen) atoms. The van der Waals surface area contributed by atoms with E-state index in [1.807, 2.05) is 11.8 Å². The second-order valence-corrected chi connectivity index (χ2v) is 11.4. The minimum absolute atomic E-state index is 0.0132. The van der Waals surface area contributed by atoms with Crippen LogP contribution in [0.3, 0.4) is 0 Å². The fraction of sp³-hybridized carbons (Fsp3) is 0.556. The average molecular weight is 461 g/mol. The Kier molecular flexibility index (Phi) is 5.56. The van der Waals surface area contributed by atoms with Crippen LogP contribution in [0.25, 0.3) is 21.8 Å². The van der Waals surface area contributed by atoms with Crippen LogP contribution in [0.15, 0.2) is 30.3 Å². The van der Waals surface area contributed by atoms with Crippen molar-refractivity contribution in [1.29, 1.82) is 0 Å². The van der Waals surface area contributed by atoms with Gasteiger partial charge >= 0.3 is 7.12 Å². The van der Waals surface area contributed by atoms with Crippen molar-refractivity contribution in [2.24, 2.45) is 11.8 Å². The van der Waals surface area contributed by atoms with Gasteiger partial charge in [0.05, 0.1) is 28.3 Å². The number of H-pyrrole nitrogens is 1. The minimum atomic E-state index is -0.388. The third-order valence-electron chi connectivity index (χ3n) is 8.28. The molecule has 2 atom stereocenters. The van der Waals surface area contributed by atoms with E-state index in [4.69, 9.17) is 14.3 Å². The standard InChI is InChI=1S/C27H36BN3O3/c1-16(2)17(3)25(32)31-14-8-9-22(31)24-29-21-13-10-18-15-19(11-12-20(18)23(21)30-24)28-33-26(4,5)27(6,7)34-28/h10-13,15-17,22H,8-9,14H2,1-7H3,(H,29,30)/t17-,22-/m0/s1. The van der Waals surface area contributed by atoms with Gasteiger partial charge in [0.1, 0.15) is 5.82 Å². The monoisotopic (exact) mass is 461 g/mol. The molecular formula is C27H36BN3O3. The number of rotatable bonds is 4. The van der Waals surface area contributed by atoms with Gasteiger partial charge in [0, 0.05) is 17.8 Å². The Morgan fingerprint density at radius 1 is 1.12 bits per heavy atom. The highest BCUT2D eigenvalue weighted by molar-refractivity contribution is 6.62. The molecule has 0 bridgehead atoms. The number of nitrogens with one attached hydrogen (secondary N) is 1. The summed E-state index contributed by atoms with van der Waals surface area (Å²) in [5.74, 6) is 1.46. The van der Waals surface area contributed by atoms with Gasteiger partial charge in [-0.3, -0.25) is 4.79 Å². The van der Waals surface area contributed by atoms with Crippen LogP contribution >= 0.6 is 0 Å². The summed E-state index contributed by atoms with van der Waals surface area (Å²) >= 11 is 0. The number of likely N-dealkylation sites (tertiary alicyclic amines) is 1. The lowest BCUT2D eigenvalue weighted by Gasteiger charge is -2.32. The van der Waals surface area contributed by atoms with E-state index in [2.05, 4.69) is 76.9 Å². The van der Waals surface area contributed by atoms with E-state index in [0.717, 1.165) is 52.5 Å². The van der Waals surface area contributed by atoms with E-state index < -0.39 is 0 Å². The van der Waals surface area contributed by atoms with Crippen molar-refractivity contribution in [3.63, 3.8) is 0 Å². The highest BCUT2D eigenvalue weighted by atomic mass is 16.7. The summed E-state index contributed by atoms with van der Waals surface area (Å²) in [6.45, 7) is 15.3. The van der Waals surface area contributed by atoms with Gasteiger partial charge in [-0.05, 0) is 63.4 Å². The number of benzene rings is 2. The van der Waals surface area contributed by atoms with Gasteiger partial charge in [0.25, 0.3) is 0 Å². The molecule has 3 heterocycles. The third-order valence-corrected chi connectivity index (χ3v) is 8.28. The molecule has 1 amide bonds. The molecule has 0 unspecified atom stereocenters. The van der Waals surface area contributed by atoms with Crippen LogP contribution in [0.1, 0.15) is 73.2 Å². The molecule has 3 aromatic rings. The van der Waals surface area contributed by atoms with E-state index in [1.54, 1.807) is 0 Å². The van der Waals surface area contributed by atoms with Gasteiger partial charge in [0.15, 0.2) is 0 Å². The molecule has 0 spiro atoms. The van der Waals surface area contributed by atoms with Crippen LogP contribution in [0.5, 0.6) is 0 Å². The Bertz CT molecular complexity index is 1230. The number of fused-ring (bicyclic) bond motifs is 3. The second-order valence-electron chi connectivity index (χ2n) is 11.4. The van der Waals surface area contributed by atoms with Gasteiger partial charge in [-0.2, -0.15) is 0 Å². The molecule has 0 aliphatic carbocycles. The predicted molar refractivity (Wildman–Crippen MR) is 137 cm³/mol. The van der Waals surface area contributed by atoms with E-state index in [0.29, 0.717) is 5.92 Å². The molecule has 0 saturated carbocycles. The maximum absolute atomic E-state index is 13.1. The summed E-state index contributed by atoms with van der Waals surface area (Å²) in [5, 5.41) is 2.19. The van der Waals surface area contributed by atoms with E-state index in [9.17, 15) is 4.79 Å². The average Bonchev–Trinajstić information content (AvgIpc) is 3.47. The molecule has 2 aromatic carbocycles. The topological polar surface area (TPSA) is 67.5 Å². The van der Waals surface area contributed by atoms with Gasteiger partial charge in [-0.1, -0.05) is 45.0 Å². The molecule has 1 N–H and O–H groups in total. The Labute approximate surface area is 202 Å². The number of amides is 1. The highest BCUT2D eigenvalue weighted by Crippen LogP contribution is 2.37. The molecule has 2 aliphatic heterocycles. The maximum Gasteiger partial charge on any atom is 0.494 e. The Balaban J connectivity index is 1.47. The molecule has 1 aromatic heterocycles. The number of hydrogen-bond donors (Lipinski definition) is 1. The first-order valence-electron chi connectivity index (χ1n) is 12.6. The van der Waals surface area contributed by atoms with Gasteiger partial charge < -0.3 is 19.2 Å². The first-order chi connectivity index (χ1) is 16.0. The molecule has 5 rings (SSSR count). The molecule has 6 nitrogen and oxygen atoms in total. The van der Waals surface area contributed by atoms with Crippen LogP contribution in [0.4, 0.5) is 0 Å². The van der Waals surface area contributed by atoms with Gasteiger partial charge in [-0.15, -0.1) is 0 Å². The lowest BCUT2D eigenvalue weighted by molar-refractivity contribution is -0.137. The van der Waals surface area contributed by atoms with Crippen molar-refractivity contribution in [1.82, 2.24) is 14.9 Å². The molecule has 2 saturated heterocycles. The lowest BCUT2D eigenvalue weighted by Crippen LogP contribution is -2.41. The van der Waals surface area contributed by atoms with E-state index in [1.165, 1.54) is 0 Å². The number of carbonyl (C=O) groups excluding carboxylic acids is 1. The number of aromatic nitrogens is 2. The summed E-state index contributed by atoms with van der Waals surface area (Å²) in [5.41, 5.74) is 2.22. The molecule has 0 radical (unpaired) electrons. The molecular weight excluding hydrogens is 425 g/mol. The van der Waals surface area contributed by atoms with Gasteiger partial charge in [0.2, 0.25) is 5.91 Å². The Morgan fingerprint density at radius 3 is 2.50 bits per heavy atom. The number of carbonyl (C=O) groups is 1. The fourth-order valence-corrected chi connectivity index (χ4v) is 4.98. The van der Waals surface area contributed by atoms with Crippen LogP contribution in [-0.2, 0) is 14.1 Å². The summed E-state index contributed by atoms with van der Waals surface area (Å²) in [6, 6.07) is 10.5. The van der Waals surface area contributed by atoms with E-state index in [-0.39, 0.29) is 36.2 Å². The predicted octanol–water partition coefficient (Wildman–Crippen LogP) is 4.97. The van der Waals surface area contributed by atoms with Crippen LogP contribution < -0.4 is 5.46 Å².